The predicted molar refractivity (Wildman–Crippen MR) is 71.8 cm³/mol. The van der Waals surface area contributed by atoms with Crippen LogP contribution < -0.4 is 10.6 Å². The molecule has 0 saturated carbocycles. The molecular weight excluding hydrogens is 218 g/mol. The second-order valence-corrected chi connectivity index (χ2v) is 4.71. The summed E-state index contributed by atoms with van der Waals surface area (Å²) in [4.78, 5) is 2.17. The molecule has 0 spiro atoms. The molecule has 3 nitrogen and oxygen atoms in total. The molecule has 1 atom stereocenters. The van der Waals surface area contributed by atoms with E-state index in [0.29, 0.717) is 17.3 Å². The molecular formula is C12H17N3S. The Balaban J connectivity index is 2.89. The van der Waals surface area contributed by atoms with Crippen LogP contribution in [0.4, 0.5) is 11.4 Å². The number of nitrogens with zero attached hydrogens (tertiary/aromatic N) is 2. The number of anilines is 2. The highest BCUT2D eigenvalue weighted by molar-refractivity contribution is 7.98. The molecule has 1 rings (SSSR count). The quantitative estimate of drug-likeness (QED) is 0.814. The molecule has 0 heterocycles. The summed E-state index contributed by atoms with van der Waals surface area (Å²) in [6.07, 6.45) is 2.09. The van der Waals surface area contributed by atoms with Gasteiger partial charge in [-0.2, -0.15) is 17.0 Å². The Kier molecular flexibility index (Phi) is 4.51. The van der Waals surface area contributed by atoms with Crippen LogP contribution in [0.3, 0.4) is 0 Å². The van der Waals surface area contributed by atoms with Gasteiger partial charge in [0.2, 0.25) is 0 Å². The largest absolute Gasteiger partial charge is 0.398 e. The van der Waals surface area contributed by atoms with Crippen molar-refractivity contribution in [3.8, 4) is 6.07 Å². The van der Waals surface area contributed by atoms with Crippen molar-refractivity contribution in [2.75, 3.05) is 29.7 Å². The summed E-state index contributed by atoms with van der Waals surface area (Å²) in [6, 6.07) is 8.08. The lowest BCUT2D eigenvalue weighted by Gasteiger charge is -2.26. The highest BCUT2D eigenvalue weighted by atomic mass is 32.2. The molecule has 0 aliphatic carbocycles. The van der Waals surface area contributed by atoms with Gasteiger partial charge in [-0.3, -0.25) is 0 Å². The van der Waals surface area contributed by atoms with E-state index in [1.54, 1.807) is 6.07 Å². The van der Waals surface area contributed by atoms with E-state index >= 15 is 0 Å². The Hall–Kier alpha value is -1.34. The summed E-state index contributed by atoms with van der Waals surface area (Å²) in [5.74, 6) is 1.07. The Morgan fingerprint density at radius 1 is 1.56 bits per heavy atom. The molecule has 1 unspecified atom stereocenters. The number of nitrogens with two attached hydrogens (primary N) is 1. The predicted octanol–water partition coefficient (Wildman–Crippen LogP) is 2.33. The number of nitriles is 1. The first kappa shape index (κ1) is 12.7. The van der Waals surface area contributed by atoms with Gasteiger partial charge in [-0.15, -0.1) is 0 Å². The van der Waals surface area contributed by atoms with Crippen LogP contribution in [0.5, 0.6) is 0 Å². The van der Waals surface area contributed by atoms with Gasteiger partial charge in [0.05, 0.1) is 11.3 Å². The van der Waals surface area contributed by atoms with Crippen LogP contribution in [-0.4, -0.2) is 25.1 Å². The van der Waals surface area contributed by atoms with Crippen LogP contribution in [0, 0.1) is 11.3 Å². The second-order valence-electron chi connectivity index (χ2n) is 3.80. The summed E-state index contributed by atoms with van der Waals surface area (Å²) in [6.45, 7) is 2.17. The van der Waals surface area contributed by atoms with Gasteiger partial charge < -0.3 is 10.6 Å². The van der Waals surface area contributed by atoms with Gasteiger partial charge in [0, 0.05) is 24.5 Å². The van der Waals surface area contributed by atoms with Crippen molar-refractivity contribution >= 4 is 23.1 Å². The standard InChI is InChI=1S/C12H17N3S/c1-9(8-16-3)15(2)11-5-4-10(7-13)12(14)6-11/h4-6,9H,8,14H2,1-3H3. The topological polar surface area (TPSA) is 53.0 Å². The Morgan fingerprint density at radius 2 is 2.25 bits per heavy atom. The Bertz CT molecular complexity index is 398. The van der Waals surface area contributed by atoms with E-state index < -0.39 is 0 Å². The third-order valence-electron chi connectivity index (χ3n) is 2.63. The van der Waals surface area contributed by atoms with E-state index in [0.717, 1.165) is 11.4 Å². The van der Waals surface area contributed by atoms with E-state index in [1.165, 1.54) is 0 Å². The third-order valence-corrected chi connectivity index (χ3v) is 3.45. The lowest BCUT2D eigenvalue weighted by Crippen LogP contribution is -2.30. The maximum atomic E-state index is 8.79. The molecule has 4 heteroatoms. The fourth-order valence-corrected chi connectivity index (χ4v) is 2.18. The summed E-state index contributed by atoms with van der Waals surface area (Å²) in [5.41, 5.74) is 7.92. The maximum Gasteiger partial charge on any atom is 0.101 e. The molecule has 0 aliphatic rings. The van der Waals surface area contributed by atoms with Gasteiger partial charge in [0.25, 0.3) is 0 Å². The lowest BCUT2D eigenvalue weighted by atomic mass is 10.1. The van der Waals surface area contributed by atoms with Gasteiger partial charge in [-0.1, -0.05) is 0 Å². The highest BCUT2D eigenvalue weighted by Crippen LogP contribution is 2.22. The third kappa shape index (κ3) is 2.83. The maximum absolute atomic E-state index is 8.79. The van der Waals surface area contributed by atoms with Gasteiger partial charge in [-0.25, -0.2) is 0 Å². The molecule has 1 aromatic rings. The van der Waals surface area contributed by atoms with Crippen LogP contribution >= 0.6 is 11.8 Å². The number of hydrogen-bond donors (Lipinski definition) is 1. The first-order chi connectivity index (χ1) is 7.60. The van der Waals surface area contributed by atoms with E-state index in [4.69, 9.17) is 11.0 Å². The number of thioether (sulfide) groups is 1. The van der Waals surface area contributed by atoms with Gasteiger partial charge in [-0.05, 0) is 31.4 Å². The van der Waals surface area contributed by atoms with Crippen molar-refractivity contribution in [2.45, 2.75) is 13.0 Å². The smallest absolute Gasteiger partial charge is 0.101 e. The van der Waals surface area contributed by atoms with Crippen LogP contribution in [0.1, 0.15) is 12.5 Å². The normalized spacial score (nSPS) is 11.9. The summed E-state index contributed by atoms with van der Waals surface area (Å²) < 4.78 is 0. The highest BCUT2D eigenvalue weighted by Gasteiger charge is 2.10. The molecule has 0 amide bonds. The minimum atomic E-state index is 0.447. The molecule has 16 heavy (non-hydrogen) atoms. The monoisotopic (exact) mass is 235 g/mol. The van der Waals surface area contributed by atoms with E-state index in [-0.39, 0.29) is 0 Å². The fraction of sp³-hybridized carbons (Fsp3) is 0.417. The zero-order chi connectivity index (χ0) is 12.1. The van der Waals surface area contributed by atoms with Crippen molar-refractivity contribution in [3.63, 3.8) is 0 Å². The second kappa shape index (κ2) is 5.66. The Morgan fingerprint density at radius 3 is 2.75 bits per heavy atom. The molecule has 0 aromatic heterocycles. The summed E-state index contributed by atoms with van der Waals surface area (Å²) in [7, 11) is 2.04. The van der Waals surface area contributed by atoms with Gasteiger partial charge in [0.1, 0.15) is 6.07 Å². The molecule has 1 aromatic carbocycles. The minimum absolute atomic E-state index is 0.447. The van der Waals surface area contributed by atoms with Crippen LogP contribution in [-0.2, 0) is 0 Å². The molecule has 0 bridgehead atoms. The first-order valence-electron chi connectivity index (χ1n) is 5.11. The van der Waals surface area contributed by atoms with E-state index in [2.05, 4.69) is 24.1 Å². The Labute approximate surface area is 101 Å². The van der Waals surface area contributed by atoms with Crippen LogP contribution in [0.15, 0.2) is 18.2 Å². The molecule has 2 N–H and O–H groups in total. The average molecular weight is 235 g/mol. The SMILES string of the molecule is CSCC(C)N(C)c1ccc(C#N)c(N)c1. The van der Waals surface area contributed by atoms with Crippen molar-refractivity contribution in [3.05, 3.63) is 23.8 Å². The molecule has 0 saturated heterocycles. The van der Waals surface area contributed by atoms with E-state index in [1.807, 2.05) is 30.9 Å². The summed E-state index contributed by atoms with van der Waals surface area (Å²) in [5, 5.41) is 8.79. The van der Waals surface area contributed by atoms with E-state index in [9.17, 15) is 0 Å². The number of rotatable bonds is 4. The van der Waals surface area contributed by atoms with Crippen molar-refractivity contribution < 1.29 is 0 Å². The van der Waals surface area contributed by atoms with Crippen molar-refractivity contribution in [1.82, 2.24) is 0 Å². The first-order valence-corrected chi connectivity index (χ1v) is 6.51. The van der Waals surface area contributed by atoms with Gasteiger partial charge in [0.15, 0.2) is 0 Å². The zero-order valence-corrected chi connectivity index (χ0v) is 10.7. The lowest BCUT2D eigenvalue weighted by molar-refractivity contribution is 0.766. The number of nitrogen functional groups attached to an aromatic ring is 1. The van der Waals surface area contributed by atoms with Crippen molar-refractivity contribution in [2.24, 2.45) is 0 Å². The molecule has 0 radical (unpaired) electrons. The number of hydrogen-bond acceptors (Lipinski definition) is 4. The summed E-state index contributed by atoms with van der Waals surface area (Å²) >= 11 is 1.82. The average Bonchev–Trinajstić information content (AvgIpc) is 2.28. The number of benzene rings is 1. The van der Waals surface area contributed by atoms with Gasteiger partial charge >= 0.3 is 0 Å². The molecule has 0 aliphatic heterocycles. The fourth-order valence-electron chi connectivity index (χ4n) is 1.48. The zero-order valence-electron chi connectivity index (χ0n) is 9.90. The molecule has 86 valence electrons. The van der Waals surface area contributed by atoms with Crippen molar-refractivity contribution in [1.29, 1.82) is 5.26 Å². The minimum Gasteiger partial charge on any atom is -0.398 e. The van der Waals surface area contributed by atoms with Crippen LogP contribution in [0.25, 0.3) is 0 Å². The molecule has 0 fully saturated rings. The van der Waals surface area contributed by atoms with Crippen LogP contribution in [0.2, 0.25) is 0 Å².